The predicted molar refractivity (Wildman–Crippen MR) is 94.3 cm³/mol. The van der Waals surface area contributed by atoms with Crippen molar-refractivity contribution in [3.63, 3.8) is 0 Å². The van der Waals surface area contributed by atoms with E-state index < -0.39 is 17.3 Å². The van der Waals surface area contributed by atoms with Gasteiger partial charge in [0.2, 0.25) is 11.1 Å². The van der Waals surface area contributed by atoms with Crippen molar-refractivity contribution in [2.24, 2.45) is 0 Å². The first-order valence-electron chi connectivity index (χ1n) is 7.99. The molecule has 1 amide bonds. The lowest BCUT2D eigenvalue weighted by Crippen LogP contribution is -2.25. The molecule has 3 N–H and O–H groups in total. The quantitative estimate of drug-likeness (QED) is 0.584. The molecule has 1 heterocycles. The number of nitrogens with two attached hydrogens (primary N) is 1. The van der Waals surface area contributed by atoms with Crippen molar-refractivity contribution in [1.29, 1.82) is 0 Å². The normalized spacial score (nSPS) is 14.1. The van der Waals surface area contributed by atoms with Crippen molar-refractivity contribution in [3.05, 3.63) is 35.7 Å². The number of nitrogens with one attached hydrogen (secondary N) is 1. The summed E-state index contributed by atoms with van der Waals surface area (Å²) in [5.74, 6) is 3.98. The average molecular weight is 387 g/mol. The molecular weight excluding hydrogens is 367 g/mol. The average Bonchev–Trinajstić information content (AvgIpc) is 2.95. The Morgan fingerprint density at radius 2 is 1.96 bits per heavy atom. The van der Waals surface area contributed by atoms with Gasteiger partial charge >= 0.3 is 6.18 Å². The molecule has 1 aromatic heterocycles. The summed E-state index contributed by atoms with van der Waals surface area (Å²) in [5.41, 5.74) is 1.69. The monoisotopic (exact) mass is 387 g/mol. The number of thioether (sulfide) groups is 1. The fraction of sp³-hybridized carbons (Fsp3) is 0.438. The zero-order valence-corrected chi connectivity index (χ0v) is 15.4. The molecule has 0 saturated carbocycles. The molecule has 0 bridgehead atoms. The molecule has 0 aliphatic rings. The molecule has 2 atom stereocenters. The summed E-state index contributed by atoms with van der Waals surface area (Å²) in [6.45, 7) is 5.67. The number of para-hydroxylation sites is 1. The van der Waals surface area contributed by atoms with E-state index in [2.05, 4.69) is 22.4 Å². The summed E-state index contributed by atoms with van der Waals surface area (Å²) < 4.78 is 38.5. The van der Waals surface area contributed by atoms with Crippen LogP contribution in [0.4, 0.5) is 18.9 Å². The molecule has 0 aliphatic carbocycles. The maximum absolute atomic E-state index is 12.7. The van der Waals surface area contributed by atoms with Gasteiger partial charge in [-0.2, -0.15) is 13.2 Å². The molecule has 0 fully saturated rings. The van der Waals surface area contributed by atoms with E-state index in [0.717, 1.165) is 23.7 Å². The van der Waals surface area contributed by atoms with Gasteiger partial charge in [-0.3, -0.25) is 4.79 Å². The van der Waals surface area contributed by atoms with Crippen LogP contribution >= 0.6 is 11.8 Å². The largest absolute Gasteiger partial charge is 0.453 e. The maximum Gasteiger partial charge on any atom is 0.453 e. The Morgan fingerprint density at radius 3 is 2.54 bits per heavy atom. The lowest BCUT2D eigenvalue weighted by Gasteiger charge is -2.17. The second-order valence-corrected chi connectivity index (χ2v) is 7.13. The molecule has 0 radical (unpaired) electrons. The Labute approximate surface area is 153 Å². The zero-order valence-electron chi connectivity index (χ0n) is 14.5. The van der Waals surface area contributed by atoms with Crippen LogP contribution in [-0.4, -0.2) is 26.0 Å². The Bertz CT molecular complexity index is 777. The smallest absolute Gasteiger partial charge is 0.335 e. The Hall–Kier alpha value is -2.23. The minimum absolute atomic E-state index is 0.185. The summed E-state index contributed by atoms with van der Waals surface area (Å²) in [7, 11) is 0. The fourth-order valence-electron chi connectivity index (χ4n) is 2.26. The van der Waals surface area contributed by atoms with E-state index in [4.69, 9.17) is 5.84 Å². The topological polar surface area (TPSA) is 85.8 Å². The van der Waals surface area contributed by atoms with E-state index in [9.17, 15) is 18.0 Å². The van der Waals surface area contributed by atoms with Crippen LogP contribution in [0, 0.1) is 0 Å². The number of aromatic nitrogens is 3. The number of amides is 1. The van der Waals surface area contributed by atoms with Crippen LogP contribution < -0.4 is 11.2 Å². The highest BCUT2D eigenvalue weighted by molar-refractivity contribution is 8.00. The number of benzene rings is 1. The maximum atomic E-state index is 12.7. The van der Waals surface area contributed by atoms with Crippen molar-refractivity contribution < 1.29 is 18.0 Å². The van der Waals surface area contributed by atoms with Crippen LogP contribution in [-0.2, 0) is 11.0 Å². The van der Waals surface area contributed by atoms with Crippen molar-refractivity contribution in [2.45, 2.75) is 49.7 Å². The molecule has 0 aliphatic heterocycles. The Kier molecular flexibility index (Phi) is 6.17. The molecule has 1 aromatic carbocycles. The third kappa shape index (κ3) is 4.48. The summed E-state index contributed by atoms with van der Waals surface area (Å²) in [4.78, 5) is 12.4. The van der Waals surface area contributed by atoms with Gasteiger partial charge < -0.3 is 11.2 Å². The third-order valence-electron chi connectivity index (χ3n) is 3.93. The number of halogens is 3. The number of carbonyl (C=O) groups is 1. The van der Waals surface area contributed by atoms with E-state index in [1.54, 1.807) is 13.0 Å². The van der Waals surface area contributed by atoms with E-state index in [1.807, 2.05) is 25.1 Å². The molecule has 2 rings (SSSR count). The van der Waals surface area contributed by atoms with Crippen molar-refractivity contribution in [2.75, 3.05) is 11.2 Å². The number of nitrogens with zero attached hydrogens (tertiary/aromatic N) is 3. The van der Waals surface area contributed by atoms with Gasteiger partial charge in [-0.15, -0.1) is 10.2 Å². The molecule has 0 spiro atoms. The highest BCUT2D eigenvalue weighted by atomic mass is 32.2. The SMILES string of the molecule is CCC(C)c1ccccc1NC(=O)C(C)Sc1nnc(C(F)(F)F)n1N. The highest BCUT2D eigenvalue weighted by Gasteiger charge is 2.38. The van der Waals surface area contributed by atoms with Gasteiger partial charge in [0.1, 0.15) is 0 Å². The van der Waals surface area contributed by atoms with E-state index >= 15 is 0 Å². The van der Waals surface area contributed by atoms with Crippen molar-refractivity contribution >= 4 is 23.4 Å². The molecule has 10 heteroatoms. The lowest BCUT2D eigenvalue weighted by molar-refractivity contribution is -0.146. The zero-order chi connectivity index (χ0) is 19.5. The van der Waals surface area contributed by atoms with Gasteiger partial charge in [0.15, 0.2) is 0 Å². The van der Waals surface area contributed by atoms with Crippen molar-refractivity contribution in [3.8, 4) is 0 Å². The summed E-state index contributed by atoms with van der Waals surface area (Å²) in [6.07, 6.45) is -3.80. The number of nitrogen functional groups attached to an aromatic ring is 1. The molecule has 0 saturated heterocycles. The van der Waals surface area contributed by atoms with Gasteiger partial charge in [-0.05, 0) is 30.9 Å². The summed E-state index contributed by atoms with van der Waals surface area (Å²) in [5, 5.41) is 8.39. The van der Waals surface area contributed by atoms with Crippen LogP contribution in [0.3, 0.4) is 0 Å². The Morgan fingerprint density at radius 1 is 1.31 bits per heavy atom. The molecule has 26 heavy (non-hydrogen) atoms. The Balaban J connectivity index is 2.11. The van der Waals surface area contributed by atoms with Crippen LogP contribution in [0.1, 0.15) is 44.5 Å². The van der Waals surface area contributed by atoms with Crippen LogP contribution in [0.25, 0.3) is 0 Å². The summed E-state index contributed by atoms with van der Waals surface area (Å²) in [6, 6.07) is 7.44. The van der Waals surface area contributed by atoms with Gasteiger partial charge in [-0.1, -0.05) is 43.8 Å². The first-order chi connectivity index (χ1) is 12.1. The number of hydrogen-bond acceptors (Lipinski definition) is 5. The van der Waals surface area contributed by atoms with Gasteiger partial charge in [-0.25, -0.2) is 4.68 Å². The molecule has 2 unspecified atom stereocenters. The van der Waals surface area contributed by atoms with Gasteiger partial charge in [0.05, 0.1) is 5.25 Å². The second-order valence-electron chi connectivity index (χ2n) is 5.82. The first-order valence-corrected chi connectivity index (χ1v) is 8.87. The first kappa shape index (κ1) is 20.1. The molecule has 142 valence electrons. The molecular formula is C16H20F3N5OS. The molecule has 2 aromatic rings. The third-order valence-corrected chi connectivity index (χ3v) is 4.99. The number of hydrogen-bond donors (Lipinski definition) is 2. The van der Waals surface area contributed by atoms with Crippen LogP contribution in [0.2, 0.25) is 0 Å². The summed E-state index contributed by atoms with van der Waals surface area (Å²) >= 11 is 0.807. The second kappa shape index (κ2) is 7.98. The number of anilines is 1. The van der Waals surface area contributed by atoms with Crippen LogP contribution in [0.15, 0.2) is 29.4 Å². The number of alkyl halides is 3. The number of rotatable bonds is 6. The van der Waals surface area contributed by atoms with Crippen molar-refractivity contribution in [1.82, 2.24) is 14.9 Å². The fourth-order valence-corrected chi connectivity index (χ4v) is 3.03. The lowest BCUT2D eigenvalue weighted by atomic mass is 9.97. The minimum atomic E-state index is -4.71. The van der Waals surface area contributed by atoms with E-state index in [-0.39, 0.29) is 17.0 Å². The van der Waals surface area contributed by atoms with E-state index in [1.165, 1.54) is 0 Å². The van der Waals surface area contributed by atoms with Crippen LogP contribution in [0.5, 0.6) is 0 Å². The standard InChI is InChI=1S/C16H20F3N5OS/c1-4-9(2)11-7-5-6-8-12(11)21-13(25)10(3)26-15-23-22-14(24(15)20)16(17,18)19/h5-10H,4,20H2,1-3H3,(H,21,25). The predicted octanol–water partition coefficient (Wildman–Crippen LogP) is 3.64. The minimum Gasteiger partial charge on any atom is -0.335 e. The van der Waals surface area contributed by atoms with Gasteiger partial charge in [0, 0.05) is 5.69 Å². The van der Waals surface area contributed by atoms with E-state index in [0.29, 0.717) is 10.4 Å². The molecule has 6 nitrogen and oxygen atoms in total. The van der Waals surface area contributed by atoms with Gasteiger partial charge in [0.25, 0.3) is 5.82 Å². The highest BCUT2D eigenvalue weighted by Crippen LogP contribution is 2.31. The number of carbonyl (C=O) groups excluding carboxylic acids is 1.